The van der Waals surface area contributed by atoms with Crippen LogP contribution in [-0.2, 0) is 0 Å². The molecular formula is C15H24N4O. The third-order valence-corrected chi connectivity index (χ3v) is 3.68. The first-order chi connectivity index (χ1) is 9.70. The molecular weight excluding hydrogens is 252 g/mol. The standard InChI is InChI=1S/C15H24N4O/c1-3-4-7-16-15(20)13-9-14(18-11-17-13)19-8-5-6-12(2)10-19/h9,11-12H,3-8,10H2,1-2H3,(H,16,20). The second-order valence-electron chi connectivity index (χ2n) is 5.56. The molecule has 0 radical (unpaired) electrons. The van der Waals surface area contributed by atoms with Crippen LogP contribution in [-0.4, -0.2) is 35.5 Å². The Labute approximate surface area is 120 Å². The molecule has 0 saturated carbocycles. The molecule has 1 saturated heterocycles. The number of carbonyl (C=O) groups is 1. The molecule has 2 heterocycles. The lowest BCUT2D eigenvalue weighted by molar-refractivity contribution is 0.0948. The first kappa shape index (κ1) is 14.8. The third kappa shape index (κ3) is 3.92. The van der Waals surface area contributed by atoms with Gasteiger partial charge in [0.2, 0.25) is 0 Å². The van der Waals surface area contributed by atoms with E-state index in [0.717, 1.165) is 31.7 Å². The van der Waals surface area contributed by atoms with Gasteiger partial charge in [0.1, 0.15) is 17.8 Å². The summed E-state index contributed by atoms with van der Waals surface area (Å²) in [6, 6.07) is 1.80. The lowest BCUT2D eigenvalue weighted by atomic mass is 10.0. The van der Waals surface area contributed by atoms with Gasteiger partial charge in [-0.1, -0.05) is 20.3 Å². The normalized spacial score (nSPS) is 18.9. The van der Waals surface area contributed by atoms with Crippen molar-refractivity contribution in [2.24, 2.45) is 5.92 Å². The summed E-state index contributed by atoms with van der Waals surface area (Å²) in [5.74, 6) is 1.44. The number of piperidine rings is 1. The van der Waals surface area contributed by atoms with Gasteiger partial charge in [-0.05, 0) is 25.2 Å². The van der Waals surface area contributed by atoms with E-state index < -0.39 is 0 Å². The number of hydrogen-bond donors (Lipinski definition) is 1. The molecule has 0 bridgehead atoms. The van der Waals surface area contributed by atoms with E-state index >= 15 is 0 Å². The van der Waals surface area contributed by atoms with E-state index in [2.05, 4.69) is 34.0 Å². The number of unbranched alkanes of at least 4 members (excludes halogenated alkanes) is 1. The number of amides is 1. The summed E-state index contributed by atoms with van der Waals surface area (Å²) in [6.45, 7) is 7.08. The summed E-state index contributed by atoms with van der Waals surface area (Å²) in [6.07, 6.45) is 6.01. The summed E-state index contributed by atoms with van der Waals surface area (Å²) in [5.41, 5.74) is 0.462. The molecule has 110 valence electrons. The van der Waals surface area contributed by atoms with Crippen LogP contribution in [0.2, 0.25) is 0 Å². The van der Waals surface area contributed by atoms with Crippen molar-refractivity contribution in [2.45, 2.75) is 39.5 Å². The van der Waals surface area contributed by atoms with Gasteiger partial charge >= 0.3 is 0 Å². The Morgan fingerprint density at radius 3 is 3.10 bits per heavy atom. The SMILES string of the molecule is CCCCNC(=O)c1cc(N2CCCC(C)C2)ncn1. The molecule has 0 aliphatic carbocycles. The lowest BCUT2D eigenvalue weighted by Gasteiger charge is -2.31. The van der Waals surface area contributed by atoms with Gasteiger partial charge in [-0.2, -0.15) is 0 Å². The van der Waals surface area contributed by atoms with Gasteiger partial charge in [0.05, 0.1) is 0 Å². The molecule has 1 unspecified atom stereocenters. The van der Waals surface area contributed by atoms with Gasteiger partial charge < -0.3 is 10.2 Å². The zero-order chi connectivity index (χ0) is 14.4. The molecule has 2 rings (SSSR count). The Morgan fingerprint density at radius 2 is 2.35 bits per heavy atom. The molecule has 1 aromatic rings. The second kappa shape index (κ2) is 7.22. The third-order valence-electron chi connectivity index (χ3n) is 3.68. The highest BCUT2D eigenvalue weighted by atomic mass is 16.1. The van der Waals surface area contributed by atoms with Gasteiger partial charge in [-0.15, -0.1) is 0 Å². The zero-order valence-electron chi connectivity index (χ0n) is 12.4. The number of hydrogen-bond acceptors (Lipinski definition) is 4. The number of aromatic nitrogens is 2. The molecule has 1 N–H and O–H groups in total. The van der Waals surface area contributed by atoms with Crippen LogP contribution in [0.1, 0.15) is 50.0 Å². The van der Waals surface area contributed by atoms with E-state index in [9.17, 15) is 4.79 Å². The highest BCUT2D eigenvalue weighted by Crippen LogP contribution is 2.21. The fraction of sp³-hybridized carbons (Fsp3) is 0.667. The highest BCUT2D eigenvalue weighted by molar-refractivity contribution is 5.92. The van der Waals surface area contributed by atoms with Gasteiger partial charge in [0.25, 0.3) is 5.91 Å². The maximum absolute atomic E-state index is 12.0. The van der Waals surface area contributed by atoms with E-state index in [1.807, 2.05) is 0 Å². The molecule has 0 aromatic carbocycles. The number of nitrogens with zero attached hydrogens (tertiary/aromatic N) is 3. The monoisotopic (exact) mass is 276 g/mol. The molecule has 5 heteroatoms. The van der Waals surface area contributed by atoms with Crippen LogP contribution in [0.4, 0.5) is 5.82 Å². The quantitative estimate of drug-likeness (QED) is 0.838. The number of anilines is 1. The Hall–Kier alpha value is -1.65. The van der Waals surface area contributed by atoms with Crippen LogP contribution in [0, 0.1) is 5.92 Å². The zero-order valence-corrected chi connectivity index (χ0v) is 12.4. The average molecular weight is 276 g/mol. The molecule has 1 amide bonds. The highest BCUT2D eigenvalue weighted by Gasteiger charge is 2.18. The topological polar surface area (TPSA) is 58.1 Å². The van der Waals surface area contributed by atoms with Crippen LogP contribution in [0.3, 0.4) is 0 Å². The van der Waals surface area contributed by atoms with E-state index in [1.54, 1.807) is 6.07 Å². The predicted octanol–water partition coefficient (Wildman–Crippen LogP) is 2.24. The minimum Gasteiger partial charge on any atom is -0.356 e. The van der Waals surface area contributed by atoms with E-state index in [1.165, 1.54) is 19.2 Å². The van der Waals surface area contributed by atoms with Gasteiger partial charge in [-0.25, -0.2) is 9.97 Å². The van der Waals surface area contributed by atoms with Crippen molar-refractivity contribution in [1.29, 1.82) is 0 Å². The van der Waals surface area contributed by atoms with Crippen LogP contribution in [0.15, 0.2) is 12.4 Å². The van der Waals surface area contributed by atoms with Crippen LogP contribution < -0.4 is 10.2 Å². The second-order valence-corrected chi connectivity index (χ2v) is 5.56. The van der Waals surface area contributed by atoms with E-state index in [-0.39, 0.29) is 5.91 Å². The Kier molecular flexibility index (Phi) is 5.32. The predicted molar refractivity (Wildman–Crippen MR) is 79.9 cm³/mol. The summed E-state index contributed by atoms with van der Waals surface area (Å²) in [4.78, 5) is 22.6. The fourth-order valence-corrected chi connectivity index (χ4v) is 2.51. The summed E-state index contributed by atoms with van der Waals surface area (Å²) in [7, 11) is 0. The van der Waals surface area contributed by atoms with E-state index in [0.29, 0.717) is 18.2 Å². The Balaban J connectivity index is 2.01. The largest absolute Gasteiger partial charge is 0.356 e. The van der Waals surface area contributed by atoms with Crippen molar-refractivity contribution in [2.75, 3.05) is 24.5 Å². The number of nitrogens with one attached hydrogen (secondary N) is 1. The van der Waals surface area contributed by atoms with Gasteiger partial charge in [-0.3, -0.25) is 4.79 Å². The molecule has 20 heavy (non-hydrogen) atoms. The molecule has 1 atom stereocenters. The van der Waals surface area contributed by atoms with Crippen LogP contribution in [0.25, 0.3) is 0 Å². The summed E-state index contributed by atoms with van der Waals surface area (Å²) >= 11 is 0. The first-order valence-corrected chi connectivity index (χ1v) is 7.56. The number of carbonyl (C=O) groups excluding carboxylic acids is 1. The van der Waals surface area contributed by atoms with Crippen molar-refractivity contribution < 1.29 is 4.79 Å². The number of rotatable bonds is 5. The molecule has 1 aliphatic heterocycles. The molecule has 1 aliphatic rings. The summed E-state index contributed by atoms with van der Waals surface area (Å²) < 4.78 is 0. The van der Waals surface area contributed by atoms with Crippen molar-refractivity contribution in [3.05, 3.63) is 18.1 Å². The maximum Gasteiger partial charge on any atom is 0.270 e. The molecule has 1 fully saturated rings. The lowest BCUT2D eigenvalue weighted by Crippen LogP contribution is -2.35. The van der Waals surface area contributed by atoms with Crippen molar-refractivity contribution >= 4 is 11.7 Å². The average Bonchev–Trinajstić information content (AvgIpc) is 2.47. The smallest absolute Gasteiger partial charge is 0.270 e. The van der Waals surface area contributed by atoms with E-state index in [4.69, 9.17) is 0 Å². The maximum atomic E-state index is 12.0. The minimum atomic E-state index is -0.104. The van der Waals surface area contributed by atoms with Crippen LogP contribution in [0.5, 0.6) is 0 Å². The molecule has 5 nitrogen and oxygen atoms in total. The summed E-state index contributed by atoms with van der Waals surface area (Å²) in [5, 5.41) is 2.89. The Bertz CT molecular complexity index is 449. The first-order valence-electron chi connectivity index (χ1n) is 7.56. The van der Waals surface area contributed by atoms with Gasteiger partial charge in [0, 0.05) is 25.7 Å². The fourth-order valence-electron chi connectivity index (χ4n) is 2.51. The van der Waals surface area contributed by atoms with Crippen molar-refractivity contribution in [1.82, 2.24) is 15.3 Å². The van der Waals surface area contributed by atoms with Gasteiger partial charge in [0.15, 0.2) is 0 Å². The molecule has 0 spiro atoms. The van der Waals surface area contributed by atoms with Crippen molar-refractivity contribution in [3.63, 3.8) is 0 Å². The van der Waals surface area contributed by atoms with Crippen LogP contribution >= 0.6 is 0 Å². The van der Waals surface area contributed by atoms with Crippen molar-refractivity contribution in [3.8, 4) is 0 Å². The Morgan fingerprint density at radius 1 is 1.50 bits per heavy atom. The minimum absolute atomic E-state index is 0.104. The molecule has 1 aromatic heterocycles.